The van der Waals surface area contributed by atoms with Crippen LogP contribution in [0, 0.1) is 5.82 Å². The number of carbonyl (C=O) groups excluding carboxylic acids is 1. The number of nitrogens with one attached hydrogen (secondary N) is 1. The van der Waals surface area contributed by atoms with Crippen molar-refractivity contribution in [2.75, 3.05) is 18.2 Å². The third kappa shape index (κ3) is 5.89. The summed E-state index contributed by atoms with van der Waals surface area (Å²) in [5.74, 6) is -0.398. The number of hydrogen-bond acceptors (Lipinski definition) is 5. The largest absolute Gasteiger partial charge is 0.357 e. The molecule has 0 aliphatic heterocycles. The summed E-state index contributed by atoms with van der Waals surface area (Å²) in [6, 6.07) is 9.83. The second-order valence-corrected chi connectivity index (χ2v) is 8.14. The Labute approximate surface area is 158 Å². The van der Waals surface area contributed by atoms with Crippen molar-refractivity contribution in [2.45, 2.75) is 19.9 Å². The third-order valence-corrected chi connectivity index (χ3v) is 4.42. The zero-order valence-electron chi connectivity index (χ0n) is 15.6. The highest BCUT2D eigenvalue weighted by atomic mass is 32.2. The lowest BCUT2D eigenvalue weighted by Crippen LogP contribution is -2.27. The number of carbonyl (C=O) groups is 1. The Morgan fingerprint density at radius 2 is 1.81 bits per heavy atom. The van der Waals surface area contributed by atoms with Crippen molar-refractivity contribution in [3.05, 3.63) is 54.0 Å². The van der Waals surface area contributed by atoms with Crippen LogP contribution in [0.25, 0.3) is 17.2 Å². The van der Waals surface area contributed by atoms with Crippen molar-refractivity contribution in [1.29, 1.82) is 0 Å². The van der Waals surface area contributed by atoms with Crippen molar-refractivity contribution in [1.82, 2.24) is 9.71 Å². The van der Waals surface area contributed by atoms with Crippen molar-refractivity contribution >= 4 is 27.8 Å². The summed E-state index contributed by atoms with van der Waals surface area (Å²) < 4.78 is 37.3. The van der Waals surface area contributed by atoms with Gasteiger partial charge in [0.05, 0.1) is 11.9 Å². The number of nitrogens with zero attached hydrogens (tertiary/aromatic N) is 2. The molecule has 0 atom stereocenters. The molecule has 6 nitrogen and oxygen atoms in total. The predicted molar refractivity (Wildman–Crippen MR) is 105 cm³/mol. The molecule has 2 rings (SSSR count). The second-order valence-electron chi connectivity index (χ2n) is 6.39. The summed E-state index contributed by atoms with van der Waals surface area (Å²) in [6.07, 6.45) is 3.46. The highest BCUT2D eigenvalue weighted by molar-refractivity contribution is 7.89. The summed E-state index contributed by atoms with van der Waals surface area (Å²) >= 11 is 0. The van der Waals surface area contributed by atoms with Crippen LogP contribution in [-0.4, -0.2) is 38.7 Å². The average Bonchev–Trinajstić information content (AvgIpc) is 2.58. The molecule has 1 heterocycles. The van der Waals surface area contributed by atoms with Gasteiger partial charge in [-0.05, 0) is 49.8 Å². The molecule has 1 N–H and O–H groups in total. The molecule has 1 amide bonds. The van der Waals surface area contributed by atoms with Gasteiger partial charge in [-0.2, -0.15) is 0 Å². The maximum Gasteiger partial charge on any atom is 0.257 e. The molecule has 27 heavy (non-hydrogen) atoms. The summed E-state index contributed by atoms with van der Waals surface area (Å²) in [5.41, 5.74) is 2.13. The fraction of sp³-hybridized carbons (Fsp3) is 0.263. The smallest absolute Gasteiger partial charge is 0.257 e. The average molecular weight is 391 g/mol. The van der Waals surface area contributed by atoms with E-state index in [-0.39, 0.29) is 11.9 Å². The van der Waals surface area contributed by atoms with Crippen LogP contribution in [0.4, 0.5) is 10.2 Å². The number of aromatic nitrogens is 1. The fourth-order valence-corrected chi connectivity index (χ4v) is 2.74. The van der Waals surface area contributed by atoms with Crippen molar-refractivity contribution < 1.29 is 17.6 Å². The molecule has 0 aliphatic rings. The molecule has 0 saturated heterocycles. The van der Waals surface area contributed by atoms with Gasteiger partial charge in [0.25, 0.3) is 5.91 Å². The van der Waals surface area contributed by atoms with Crippen LogP contribution < -0.4 is 9.62 Å². The Hall–Kier alpha value is -2.74. The van der Waals surface area contributed by atoms with E-state index in [0.717, 1.165) is 23.5 Å². The Morgan fingerprint density at radius 3 is 2.37 bits per heavy atom. The van der Waals surface area contributed by atoms with Gasteiger partial charge in [-0.25, -0.2) is 22.5 Å². The van der Waals surface area contributed by atoms with Gasteiger partial charge < -0.3 is 4.90 Å². The predicted octanol–water partition coefficient (Wildman–Crippen LogP) is 2.82. The van der Waals surface area contributed by atoms with Crippen LogP contribution in [-0.2, 0) is 14.8 Å². The molecule has 0 unspecified atom stereocenters. The summed E-state index contributed by atoms with van der Waals surface area (Å²) in [6.45, 7) is 4.02. The molecular formula is C19H22FN3O3S. The molecule has 0 fully saturated rings. The number of pyridine rings is 1. The summed E-state index contributed by atoms with van der Waals surface area (Å²) in [5, 5.41) is 0. The lowest BCUT2D eigenvalue weighted by molar-refractivity contribution is -0.114. The van der Waals surface area contributed by atoms with Crippen LogP contribution in [0.15, 0.2) is 42.5 Å². The van der Waals surface area contributed by atoms with Crippen LogP contribution >= 0.6 is 0 Å². The number of anilines is 1. The van der Waals surface area contributed by atoms with Crippen molar-refractivity contribution in [3.8, 4) is 11.1 Å². The van der Waals surface area contributed by atoms with E-state index < -0.39 is 15.9 Å². The first-order valence-electron chi connectivity index (χ1n) is 8.26. The van der Waals surface area contributed by atoms with Gasteiger partial charge in [0.2, 0.25) is 10.0 Å². The minimum atomic E-state index is -3.62. The lowest BCUT2D eigenvalue weighted by Gasteiger charge is -2.25. The quantitative estimate of drug-likeness (QED) is 0.766. The lowest BCUT2D eigenvalue weighted by atomic mass is 10.0. The number of amides is 1. The minimum absolute atomic E-state index is 0.157. The Balaban J connectivity index is 2.41. The zero-order chi connectivity index (χ0) is 20.2. The van der Waals surface area contributed by atoms with Gasteiger partial charge in [0, 0.05) is 24.7 Å². The Bertz CT molecular complexity index is 955. The zero-order valence-corrected chi connectivity index (χ0v) is 16.4. The van der Waals surface area contributed by atoms with Crippen LogP contribution in [0.3, 0.4) is 0 Å². The first kappa shape index (κ1) is 20.6. The molecule has 0 radical (unpaired) electrons. The monoisotopic (exact) mass is 391 g/mol. The normalized spacial score (nSPS) is 11.8. The molecule has 1 aromatic carbocycles. The Morgan fingerprint density at radius 1 is 1.19 bits per heavy atom. The van der Waals surface area contributed by atoms with E-state index in [9.17, 15) is 17.6 Å². The van der Waals surface area contributed by atoms with Gasteiger partial charge >= 0.3 is 0 Å². The maximum absolute atomic E-state index is 13.2. The van der Waals surface area contributed by atoms with E-state index in [0.29, 0.717) is 11.5 Å². The SMILES string of the molecule is CC(C)N(C)c1nc(C=CC(=O)NS(C)(=O)=O)ccc1-c1ccc(F)cc1. The molecule has 0 spiro atoms. The summed E-state index contributed by atoms with van der Waals surface area (Å²) in [7, 11) is -1.72. The molecule has 144 valence electrons. The van der Waals surface area contributed by atoms with E-state index in [1.807, 2.05) is 36.6 Å². The van der Waals surface area contributed by atoms with Gasteiger partial charge in [0.1, 0.15) is 11.6 Å². The highest BCUT2D eigenvalue weighted by Gasteiger charge is 2.14. The molecular weight excluding hydrogens is 369 g/mol. The third-order valence-electron chi connectivity index (χ3n) is 3.85. The molecule has 0 aliphatic carbocycles. The molecule has 2 aromatic rings. The topological polar surface area (TPSA) is 79.4 Å². The first-order chi connectivity index (χ1) is 12.6. The number of benzene rings is 1. The second kappa shape index (κ2) is 8.30. The van der Waals surface area contributed by atoms with Crippen LogP contribution in [0.1, 0.15) is 19.5 Å². The van der Waals surface area contributed by atoms with Crippen LogP contribution in [0.5, 0.6) is 0 Å². The minimum Gasteiger partial charge on any atom is -0.357 e. The number of hydrogen-bond donors (Lipinski definition) is 1. The maximum atomic E-state index is 13.2. The number of sulfonamides is 1. The number of rotatable bonds is 6. The number of halogens is 1. The molecule has 8 heteroatoms. The fourth-order valence-electron chi connectivity index (χ4n) is 2.30. The molecule has 0 saturated carbocycles. The van der Waals surface area contributed by atoms with E-state index in [2.05, 4.69) is 4.98 Å². The van der Waals surface area contributed by atoms with E-state index in [1.165, 1.54) is 18.2 Å². The van der Waals surface area contributed by atoms with Crippen LogP contribution in [0.2, 0.25) is 0 Å². The van der Waals surface area contributed by atoms with E-state index in [4.69, 9.17) is 0 Å². The van der Waals surface area contributed by atoms with Gasteiger partial charge in [-0.15, -0.1) is 0 Å². The van der Waals surface area contributed by atoms with Crippen molar-refractivity contribution in [2.24, 2.45) is 0 Å². The molecule has 1 aromatic heterocycles. The highest BCUT2D eigenvalue weighted by Crippen LogP contribution is 2.30. The van der Waals surface area contributed by atoms with Gasteiger partial charge in [-0.1, -0.05) is 12.1 Å². The van der Waals surface area contributed by atoms with Gasteiger partial charge in [-0.3, -0.25) is 4.79 Å². The first-order valence-corrected chi connectivity index (χ1v) is 10.2. The van der Waals surface area contributed by atoms with E-state index >= 15 is 0 Å². The van der Waals surface area contributed by atoms with Crippen molar-refractivity contribution in [3.63, 3.8) is 0 Å². The van der Waals surface area contributed by atoms with E-state index in [1.54, 1.807) is 18.2 Å². The standard InChI is InChI=1S/C19H22FN3O3S/c1-13(2)23(3)19-17(14-5-7-15(20)8-6-14)11-9-16(21-19)10-12-18(24)22-27(4,25)26/h5-13H,1-4H3,(H,22,24). The Kier molecular flexibility index (Phi) is 6.32. The van der Waals surface area contributed by atoms with Gasteiger partial charge in [0.15, 0.2) is 0 Å². The molecule has 0 bridgehead atoms. The summed E-state index contributed by atoms with van der Waals surface area (Å²) in [4.78, 5) is 18.2.